The van der Waals surface area contributed by atoms with Crippen molar-refractivity contribution in [2.24, 2.45) is 0 Å². The van der Waals surface area contributed by atoms with Gasteiger partial charge in [-0.1, -0.05) is 0 Å². The molecule has 8 heteroatoms. The highest BCUT2D eigenvalue weighted by molar-refractivity contribution is 5.99. The number of alkyl halides is 1. The van der Waals surface area contributed by atoms with Crippen LogP contribution < -0.4 is 0 Å². The predicted molar refractivity (Wildman–Crippen MR) is 76.0 cm³/mol. The van der Waals surface area contributed by atoms with E-state index in [9.17, 15) is 23.2 Å². The SMILES string of the molecule is O=C(O)CC1C(=O)N(CCF)CCN1C(=O)c1ccc(F)cc1. The quantitative estimate of drug-likeness (QED) is 0.873. The molecule has 124 valence electrons. The molecular weight excluding hydrogens is 310 g/mol. The summed E-state index contributed by atoms with van der Waals surface area (Å²) in [6, 6.07) is 3.58. The number of halogens is 2. The average molecular weight is 326 g/mol. The largest absolute Gasteiger partial charge is 0.481 e. The molecule has 1 aromatic carbocycles. The molecular formula is C15H16F2N2O4. The van der Waals surface area contributed by atoms with Crippen molar-refractivity contribution in [1.82, 2.24) is 9.80 Å². The Bertz CT molecular complexity index is 606. The summed E-state index contributed by atoms with van der Waals surface area (Å²) in [5.74, 6) is -2.88. The van der Waals surface area contributed by atoms with Crippen molar-refractivity contribution < 1.29 is 28.3 Å². The van der Waals surface area contributed by atoms with E-state index >= 15 is 0 Å². The highest BCUT2D eigenvalue weighted by atomic mass is 19.1. The molecule has 1 aliphatic rings. The molecule has 6 nitrogen and oxygen atoms in total. The molecule has 0 aliphatic carbocycles. The molecule has 2 amide bonds. The molecule has 1 aromatic rings. The van der Waals surface area contributed by atoms with Crippen LogP contribution in [-0.2, 0) is 9.59 Å². The van der Waals surface area contributed by atoms with Gasteiger partial charge in [-0.2, -0.15) is 0 Å². The van der Waals surface area contributed by atoms with Crippen LogP contribution in [0.15, 0.2) is 24.3 Å². The predicted octanol–water partition coefficient (Wildman–Crippen LogP) is 0.923. The summed E-state index contributed by atoms with van der Waals surface area (Å²) in [4.78, 5) is 38.1. The Hall–Kier alpha value is -2.51. The van der Waals surface area contributed by atoms with Crippen LogP contribution in [0, 0.1) is 5.82 Å². The molecule has 1 fully saturated rings. The molecule has 0 spiro atoms. The molecule has 1 aliphatic heterocycles. The third-order valence-electron chi connectivity index (χ3n) is 3.66. The van der Waals surface area contributed by atoms with Gasteiger partial charge in [-0.3, -0.25) is 14.4 Å². The zero-order valence-electron chi connectivity index (χ0n) is 12.2. The van der Waals surface area contributed by atoms with Crippen LogP contribution in [0.5, 0.6) is 0 Å². The lowest BCUT2D eigenvalue weighted by Crippen LogP contribution is -2.59. The number of carbonyl (C=O) groups is 3. The molecule has 1 heterocycles. The summed E-state index contributed by atoms with van der Waals surface area (Å²) in [5, 5.41) is 8.97. The lowest BCUT2D eigenvalue weighted by Gasteiger charge is -2.39. The maximum atomic E-state index is 12.9. The summed E-state index contributed by atoms with van der Waals surface area (Å²) in [7, 11) is 0. The van der Waals surface area contributed by atoms with Crippen molar-refractivity contribution >= 4 is 17.8 Å². The smallest absolute Gasteiger partial charge is 0.305 e. The maximum Gasteiger partial charge on any atom is 0.305 e. The first kappa shape index (κ1) is 16.9. The Morgan fingerprint density at radius 2 is 1.87 bits per heavy atom. The van der Waals surface area contributed by atoms with E-state index in [2.05, 4.69) is 0 Å². The second kappa shape index (κ2) is 7.17. The van der Waals surface area contributed by atoms with E-state index in [4.69, 9.17) is 5.11 Å². The lowest BCUT2D eigenvalue weighted by molar-refractivity contribution is -0.147. The number of aliphatic carboxylic acids is 1. The topological polar surface area (TPSA) is 77.9 Å². The number of hydrogen-bond acceptors (Lipinski definition) is 3. The number of carbonyl (C=O) groups excluding carboxylic acids is 2. The number of nitrogens with zero attached hydrogens (tertiary/aromatic N) is 2. The Labute approximate surface area is 131 Å². The van der Waals surface area contributed by atoms with Gasteiger partial charge in [0, 0.05) is 25.2 Å². The fraction of sp³-hybridized carbons (Fsp3) is 0.400. The molecule has 1 N–H and O–H groups in total. The summed E-state index contributed by atoms with van der Waals surface area (Å²) in [6.45, 7) is -0.642. The van der Waals surface area contributed by atoms with E-state index in [0.29, 0.717) is 0 Å². The second-order valence-corrected chi connectivity index (χ2v) is 5.13. The van der Waals surface area contributed by atoms with Crippen molar-refractivity contribution in [2.45, 2.75) is 12.5 Å². The number of piperazine rings is 1. The minimum absolute atomic E-state index is 0.0971. The number of rotatable bonds is 5. The first-order valence-corrected chi connectivity index (χ1v) is 7.07. The Morgan fingerprint density at radius 3 is 2.43 bits per heavy atom. The van der Waals surface area contributed by atoms with Gasteiger partial charge in [0.25, 0.3) is 5.91 Å². The summed E-state index contributed by atoms with van der Waals surface area (Å²) in [5.41, 5.74) is 0.161. The van der Waals surface area contributed by atoms with Gasteiger partial charge in [0.1, 0.15) is 18.5 Å². The fourth-order valence-corrected chi connectivity index (χ4v) is 2.53. The number of carboxylic acid groups (broad SMARTS) is 1. The number of hydrogen-bond donors (Lipinski definition) is 1. The molecule has 0 aromatic heterocycles. The monoisotopic (exact) mass is 326 g/mol. The molecule has 2 rings (SSSR count). The summed E-state index contributed by atoms with van der Waals surface area (Å²) >= 11 is 0. The van der Waals surface area contributed by atoms with Crippen LogP contribution >= 0.6 is 0 Å². The highest BCUT2D eigenvalue weighted by Crippen LogP contribution is 2.18. The van der Waals surface area contributed by atoms with E-state index in [0.717, 1.165) is 17.0 Å². The normalized spacial score (nSPS) is 18.2. The van der Waals surface area contributed by atoms with Crippen LogP contribution in [0.25, 0.3) is 0 Å². The summed E-state index contributed by atoms with van der Waals surface area (Å²) < 4.78 is 25.4. The Morgan fingerprint density at radius 1 is 1.22 bits per heavy atom. The van der Waals surface area contributed by atoms with Gasteiger partial charge in [-0.25, -0.2) is 8.78 Å². The molecule has 0 saturated carbocycles. The Balaban J connectivity index is 2.24. The molecule has 0 radical (unpaired) electrons. The van der Waals surface area contributed by atoms with E-state index in [-0.39, 0.29) is 25.2 Å². The first-order valence-electron chi connectivity index (χ1n) is 7.07. The van der Waals surface area contributed by atoms with Gasteiger partial charge >= 0.3 is 5.97 Å². The van der Waals surface area contributed by atoms with Gasteiger partial charge in [-0.15, -0.1) is 0 Å². The van der Waals surface area contributed by atoms with E-state index in [1.807, 2.05) is 0 Å². The average Bonchev–Trinajstić information content (AvgIpc) is 2.51. The van der Waals surface area contributed by atoms with Gasteiger partial charge in [0.15, 0.2) is 0 Å². The molecule has 1 saturated heterocycles. The molecule has 1 unspecified atom stereocenters. The van der Waals surface area contributed by atoms with Crippen LogP contribution in [-0.4, -0.2) is 65.0 Å². The zero-order chi connectivity index (χ0) is 17.0. The van der Waals surface area contributed by atoms with E-state index < -0.39 is 42.7 Å². The van der Waals surface area contributed by atoms with Crippen molar-refractivity contribution in [3.63, 3.8) is 0 Å². The third-order valence-corrected chi connectivity index (χ3v) is 3.66. The van der Waals surface area contributed by atoms with Crippen molar-refractivity contribution in [3.8, 4) is 0 Å². The fourth-order valence-electron chi connectivity index (χ4n) is 2.53. The van der Waals surface area contributed by atoms with Gasteiger partial charge in [0.2, 0.25) is 5.91 Å². The highest BCUT2D eigenvalue weighted by Gasteiger charge is 2.38. The standard InChI is InChI=1S/C15H16F2N2O4/c16-5-6-18-7-8-19(12(15(18)23)9-13(20)21)14(22)10-1-3-11(17)4-2-10/h1-4,12H,5-9H2,(H,20,21). The van der Waals surface area contributed by atoms with Crippen molar-refractivity contribution in [1.29, 1.82) is 0 Å². The number of amides is 2. The van der Waals surface area contributed by atoms with Crippen LogP contribution in [0.2, 0.25) is 0 Å². The second-order valence-electron chi connectivity index (χ2n) is 5.13. The van der Waals surface area contributed by atoms with Crippen LogP contribution in [0.3, 0.4) is 0 Å². The zero-order valence-corrected chi connectivity index (χ0v) is 12.2. The van der Waals surface area contributed by atoms with Gasteiger partial charge < -0.3 is 14.9 Å². The first-order chi connectivity index (χ1) is 10.9. The lowest BCUT2D eigenvalue weighted by atomic mass is 10.0. The van der Waals surface area contributed by atoms with Crippen molar-refractivity contribution in [2.75, 3.05) is 26.3 Å². The van der Waals surface area contributed by atoms with Gasteiger partial charge in [0.05, 0.1) is 6.42 Å². The minimum atomic E-state index is -1.23. The Kier molecular flexibility index (Phi) is 5.25. The van der Waals surface area contributed by atoms with Gasteiger partial charge in [-0.05, 0) is 24.3 Å². The van der Waals surface area contributed by atoms with E-state index in [1.165, 1.54) is 17.0 Å². The maximum absolute atomic E-state index is 12.9. The number of carboxylic acids is 1. The molecule has 23 heavy (non-hydrogen) atoms. The van der Waals surface area contributed by atoms with Crippen LogP contribution in [0.1, 0.15) is 16.8 Å². The van der Waals surface area contributed by atoms with E-state index in [1.54, 1.807) is 0 Å². The number of benzene rings is 1. The minimum Gasteiger partial charge on any atom is -0.481 e. The molecule has 1 atom stereocenters. The van der Waals surface area contributed by atoms with Crippen molar-refractivity contribution in [3.05, 3.63) is 35.6 Å². The molecule has 0 bridgehead atoms. The van der Waals surface area contributed by atoms with Crippen LogP contribution in [0.4, 0.5) is 8.78 Å². The third kappa shape index (κ3) is 3.82. The summed E-state index contributed by atoms with van der Waals surface area (Å²) in [6.07, 6.45) is -0.561.